The summed E-state index contributed by atoms with van der Waals surface area (Å²) in [5.74, 6) is -0.120. The normalized spacial score (nSPS) is 18.7. The van der Waals surface area contributed by atoms with Crippen molar-refractivity contribution in [2.75, 3.05) is 11.9 Å². The molecule has 5 nitrogen and oxygen atoms in total. The summed E-state index contributed by atoms with van der Waals surface area (Å²) in [4.78, 5) is 27.3. The number of nitrogens with zero attached hydrogens (tertiary/aromatic N) is 1. The van der Waals surface area contributed by atoms with Crippen molar-refractivity contribution in [3.05, 3.63) is 52.4 Å². The minimum Gasteiger partial charge on any atom is -0.451 e. The fourth-order valence-corrected chi connectivity index (χ4v) is 4.58. The van der Waals surface area contributed by atoms with E-state index in [0.717, 1.165) is 24.8 Å². The van der Waals surface area contributed by atoms with Gasteiger partial charge in [-0.2, -0.15) is 11.3 Å². The minimum atomic E-state index is -0.300. The molecule has 1 aliphatic heterocycles. The van der Waals surface area contributed by atoms with Gasteiger partial charge in [0.2, 0.25) is 5.91 Å². The second-order valence-corrected chi connectivity index (χ2v) is 7.76. The van der Waals surface area contributed by atoms with E-state index >= 15 is 0 Å². The molecule has 1 N–H and O–H groups in total. The first-order valence-electron chi connectivity index (χ1n) is 9.17. The number of nitrogens with one attached hydrogen (secondary N) is 1. The van der Waals surface area contributed by atoms with Gasteiger partial charge >= 0.3 is 0 Å². The number of para-hydroxylation sites is 1. The second kappa shape index (κ2) is 7.29. The van der Waals surface area contributed by atoms with Crippen LogP contribution in [0.4, 0.5) is 5.69 Å². The molecule has 27 heavy (non-hydrogen) atoms. The molecule has 1 fully saturated rings. The molecule has 4 rings (SSSR count). The monoisotopic (exact) mass is 382 g/mol. The van der Waals surface area contributed by atoms with Gasteiger partial charge in [0, 0.05) is 18.4 Å². The Bertz CT molecular complexity index is 977. The van der Waals surface area contributed by atoms with Gasteiger partial charge < -0.3 is 9.73 Å². The highest BCUT2D eigenvalue weighted by molar-refractivity contribution is 7.08. The first-order valence-corrected chi connectivity index (χ1v) is 10.1. The Labute approximate surface area is 162 Å². The van der Waals surface area contributed by atoms with E-state index < -0.39 is 0 Å². The zero-order valence-corrected chi connectivity index (χ0v) is 16.2. The highest BCUT2D eigenvalue weighted by Crippen LogP contribution is 2.36. The molecular formula is C21H22N2O3S. The van der Waals surface area contributed by atoms with Gasteiger partial charge in [-0.25, -0.2) is 0 Å². The van der Waals surface area contributed by atoms with E-state index in [1.807, 2.05) is 25.1 Å². The van der Waals surface area contributed by atoms with Crippen molar-refractivity contribution in [3.63, 3.8) is 0 Å². The number of amides is 1. The molecule has 3 aromatic rings. The molecule has 0 spiro atoms. The number of furan rings is 1. The standard InChI is InChI=1S/C21H22N2O3S/c1-13(23-10-5-7-17(23)15-9-11-27-12-15)21(25)22-19-16-6-3-4-8-18(16)26-20(19)14(2)24/h3-4,6,8-9,11-13,17H,5,7,10H2,1-2H3,(H,22,25)/t13-,17-/m0/s1. The summed E-state index contributed by atoms with van der Waals surface area (Å²) in [5.41, 5.74) is 2.35. The van der Waals surface area contributed by atoms with Crippen molar-refractivity contribution >= 4 is 39.7 Å². The molecule has 2 atom stereocenters. The van der Waals surface area contributed by atoms with Gasteiger partial charge in [0.25, 0.3) is 0 Å². The number of rotatable bonds is 5. The molecule has 6 heteroatoms. The van der Waals surface area contributed by atoms with E-state index in [1.54, 1.807) is 17.4 Å². The Kier molecular flexibility index (Phi) is 4.85. The first kappa shape index (κ1) is 17.9. The summed E-state index contributed by atoms with van der Waals surface area (Å²) in [5, 5.41) is 7.95. The smallest absolute Gasteiger partial charge is 0.241 e. The van der Waals surface area contributed by atoms with E-state index in [4.69, 9.17) is 4.42 Å². The number of likely N-dealkylation sites (tertiary alicyclic amines) is 1. The molecule has 1 aliphatic rings. The molecule has 1 saturated heterocycles. The van der Waals surface area contributed by atoms with Crippen LogP contribution in [0.1, 0.15) is 48.8 Å². The van der Waals surface area contributed by atoms with Gasteiger partial charge in [-0.3, -0.25) is 14.5 Å². The van der Waals surface area contributed by atoms with Crippen LogP contribution in [0.2, 0.25) is 0 Å². The number of fused-ring (bicyclic) bond motifs is 1. The number of thiophene rings is 1. The number of ketones is 1. The van der Waals surface area contributed by atoms with Crippen LogP contribution >= 0.6 is 11.3 Å². The van der Waals surface area contributed by atoms with Crippen LogP contribution in [-0.2, 0) is 4.79 Å². The molecule has 0 aliphatic carbocycles. The minimum absolute atomic E-state index is 0.119. The number of hydrogen-bond acceptors (Lipinski definition) is 5. The Morgan fingerprint density at radius 1 is 1.30 bits per heavy atom. The quantitative estimate of drug-likeness (QED) is 0.640. The summed E-state index contributed by atoms with van der Waals surface area (Å²) < 4.78 is 5.67. The second-order valence-electron chi connectivity index (χ2n) is 6.98. The molecule has 0 radical (unpaired) electrons. The molecule has 2 aromatic heterocycles. The number of Topliss-reactive ketones (excluding diaryl/α,β-unsaturated/α-hetero) is 1. The molecular weight excluding hydrogens is 360 g/mol. The van der Waals surface area contributed by atoms with E-state index in [1.165, 1.54) is 12.5 Å². The summed E-state index contributed by atoms with van der Waals surface area (Å²) in [6.45, 7) is 4.26. The zero-order valence-electron chi connectivity index (χ0n) is 15.4. The number of carbonyl (C=O) groups is 2. The lowest BCUT2D eigenvalue weighted by Gasteiger charge is -2.29. The SMILES string of the molecule is CC(=O)c1oc2ccccc2c1NC(=O)[C@H](C)N1CCC[C@H]1c1ccsc1. The molecule has 140 valence electrons. The molecule has 0 unspecified atom stereocenters. The van der Waals surface area contributed by atoms with Gasteiger partial charge in [-0.15, -0.1) is 0 Å². The summed E-state index contributed by atoms with van der Waals surface area (Å²) in [6, 6.07) is 9.48. The van der Waals surface area contributed by atoms with Crippen LogP contribution in [0.3, 0.4) is 0 Å². The van der Waals surface area contributed by atoms with Crippen LogP contribution in [0, 0.1) is 0 Å². The lowest BCUT2D eigenvalue weighted by atomic mass is 10.1. The summed E-state index contributed by atoms with van der Waals surface area (Å²) in [6.07, 6.45) is 2.13. The van der Waals surface area contributed by atoms with Crippen LogP contribution in [0.15, 0.2) is 45.5 Å². The van der Waals surface area contributed by atoms with Gasteiger partial charge in [-0.1, -0.05) is 12.1 Å². The number of hydrogen-bond donors (Lipinski definition) is 1. The lowest BCUT2D eigenvalue weighted by molar-refractivity contribution is -0.121. The first-order chi connectivity index (χ1) is 13.1. The van der Waals surface area contributed by atoms with Gasteiger partial charge in [-0.05, 0) is 60.8 Å². The Hall–Kier alpha value is -2.44. The summed E-state index contributed by atoms with van der Waals surface area (Å²) >= 11 is 1.68. The lowest BCUT2D eigenvalue weighted by Crippen LogP contribution is -2.41. The van der Waals surface area contributed by atoms with E-state index in [9.17, 15) is 9.59 Å². The van der Waals surface area contributed by atoms with Crippen LogP contribution in [-0.4, -0.2) is 29.2 Å². The van der Waals surface area contributed by atoms with Gasteiger partial charge in [0.15, 0.2) is 11.5 Å². The van der Waals surface area contributed by atoms with E-state index in [0.29, 0.717) is 11.3 Å². The molecule has 1 aromatic carbocycles. The Morgan fingerprint density at radius 3 is 2.85 bits per heavy atom. The third-order valence-electron chi connectivity index (χ3n) is 5.26. The van der Waals surface area contributed by atoms with Crippen molar-refractivity contribution in [2.45, 2.75) is 38.8 Å². The fourth-order valence-electron chi connectivity index (χ4n) is 3.87. The van der Waals surface area contributed by atoms with E-state index in [2.05, 4.69) is 27.0 Å². The van der Waals surface area contributed by atoms with E-state index in [-0.39, 0.29) is 29.5 Å². The third kappa shape index (κ3) is 3.31. The van der Waals surface area contributed by atoms with Gasteiger partial charge in [0.1, 0.15) is 5.58 Å². The predicted molar refractivity (Wildman–Crippen MR) is 107 cm³/mol. The molecule has 0 saturated carbocycles. The largest absolute Gasteiger partial charge is 0.451 e. The van der Waals surface area contributed by atoms with Crippen molar-refractivity contribution in [2.24, 2.45) is 0 Å². The highest BCUT2D eigenvalue weighted by Gasteiger charge is 2.34. The fraction of sp³-hybridized carbons (Fsp3) is 0.333. The van der Waals surface area contributed by atoms with Crippen molar-refractivity contribution < 1.29 is 14.0 Å². The van der Waals surface area contributed by atoms with Crippen molar-refractivity contribution in [1.29, 1.82) is 0 Å². The van der Waals surface area contributed by atoms with Gasteiger partial charge in [0.05, 0.1) is 11.7 Å². The molecule has 1 amide bonds. The maximum atomic E-state index is 13.0. The van der Waals surface area contributed by atoms with Crippen LogP contribution in [0.25, 0.3) is 11.0 Å². The third-order valence-corrected chi connectivity index (χ3v) is 5.96. The maximum Gasteiger partial charge on any atom is 0.241 e. The van der Waals surface area contributed by atoms with Crippen molar-refractivity contribution in [3.8, 4) is 0 Å². The molecule has 0 bridgehead atoms. The predicted octanol–water partition coefficient (Wildman–Crippen LogP) is 4.86. The summed E-state index contributed by atoms with van der Waals surface area (Å²) in [7, 11) is 0. The van der Waals surface area contributed by atoms with Crippen LogP contribution in [0.5, 0.6) is 0 Å². The van der Waals surface area contributed by atoms with Crippen molar-refractivity contribution in [1.82, 2.24) is 4.90 Å². The Balaban J connectivity index is 1.60. The highest BCUT2D eigenvalue weighted by atomic mass is 32.1. The topological polar surface area (TPSA) is 62.6 Å². The number of carbonyl (C=O) groups excluding carboxylic acids is 2. The van der Waals surface area contributed by atoms with Crippen LogP contribution < -0.4 is 5.32 Å². The average molecular weight is 382 g/mol. The Morgan fingerprint density at radius 2 is 2.11 bits per heavy atom. The zero-order chi connectivity index (χ0) is 19.0. The molecule has 3 heterocycles. The maximum absolute atomic E-state index is 13.0. The average Bonchev–Trinajstić information content (AvgIpc) is 3.40. The number of benzene rings is 1. The number of anilines is 1.